The Bertz CT molecular complexity index is 698. The van der Waals surface area contributed by atoms with Crippen molar-refractivity contribution in [3.8, 4) is 11.8 Å². The Labute approximate surface area is 151 Å². The average Bonchev–Trinajstić information content (AvgIpc) is 3.46. The number of ether oxygens (including phenoxy) is 2. The van der Waals surface area contributed by atoms with E-state index in [1.807, 2.05) is 0 Å². The van der Waals surface area contributed by atoms with Crippen LogP contribution in [0.3, 0.4) is 0 Å². The summed E-state index contributed by atoms with van der Waals surface area (Å²) in [4.78, 5) is 32.3. The van der Waals surface area contributed by atoms with E-state index in [9.17, 15) is 9.59 Å². The van der Waals surface area contributed by atoms with Crippen LogP contribution in [0.2, 0.25) is 0 Å². The summed E-state index contributed by atoms with van der Waals surface area (Å²) in [6, 6.07) is -0.723. The third kappa shape index (κ3) is 4.62. The Morgan fingerprint density at radius 1 is 1.19 bits per heavy atom. The summed E-state index contributed by atoms with van der Waals surface area (Å²) in [7, 11) is 0. The highest BCUT2D eigenvalue weighted by Gasteiger charge is 2.32. The van der Waals surface area contributed by atoms with E-state index < -0.39 is 18.0 Å². The van der Waals surface area contributed by atoms with E-state index >= 15 is 0 Å². The van der Waals surface area contributed by atoms with Crippen molar-refractivity contribution in [2.24, 2.45) is 17.6 Å². The third-order valence-electron chi connectivity index (χ3n) is 4.96. The average molecular weight is 360 g/mol. The van der Waals surface area contributed by atoms with Crippen LogP contribution in [0.15, 0.2) is 6.20 Å². The molecule has 1 aromatic heterocycles. The van der Waals surface area contributed by atoms with Crippen molar-refractivity contribution in [3.63, 3.8) is 0 Å². The van der Waals surface area contributed by atoms with Gasteiger partial charge in [0.2, 0.25) is 17.7 Å². The monoisotopic (exact) mass is 360 g/mol. The van der Waals surface area contributed by atoms with Crippen molar-refractivity contribution in [2.75, 3.05) is 6.61 Å². The molecular weight excluding hydrogens is 336 g/mol. The summed E-state index contributed by atoms with van der Waals surface area (Å²) < 4.78 is 11.0. The summed E-state index contributed by atoms with van der Waals surface area (Å²) in [6.07, 6.45) is 7.88. The van der Waals surface area contributed by atoms with Crippen molar-refractivity contribution >= 4 is 12.0 Å². The van der Waals surface area contributed by atoms with Gasteiger partial charge in [-0.25, -0.2) is 9.78 Å². The Balaban J connectivity index is 1.38. The third-order valence-corrected chi connectivity index (χ3v) is 4.96. The second-order valence-electron chi connectivity index (χ2n) is 7.60. The van der Waals surface area contributed by atoms with Gasteiger partial charge in [-0.3, -0.25) is 4.79 Å². The maximum absolute atomic E-state index is 12.1. The Hall–Kier alpha value is -2.38. The number of carbonyl (C=O) groups is 2. The van der Waals surface area contributed by atoms with E-state index in [1.54, 1.807) is 0 Å². The maximum Gasteiger partial charge on any atom is 0.414 e. The molecule has 3 N–H and O–H groups in total. The van der Waals surface area contributed by atoms with Gasteiger partial charge < -0.3 is 20.5 Å². The largest absolute Gasteiger partial charge is 0.476 e. The lowest BCUT2D eigenvalue weighted by Crippen LogP contribution is -2.45. The zero-order valence-electron chi connectivity index (χ0n) is 14.6. The minimum absolute atomic E-state index is 0.0624. The smallest absolute Gasteiger partial charge is 0.414 e. The first kappa shape index (κ1) is 17.1. The van der Waals surface area contributed by atoms with E-state index in [1.165, 1.54) is 19.0 Å². The number of aromatic nitrogens is 2. The Morgan fingerprint density at radius 3 is 2.54 bits per heavy atom. The van der Waals surface area contributed by atoms with Crippen LogP contribution in [0.4, 0.5) is 4.79 Å². The fourth-order valence-electron chi connectivity index (χ4n) is 2.84. The molecule has 2 amide bonds. The molecule has 3 saturated carbocycles. The molecule has 4 rings (SSSR count). The molecule has 0 aromatic carbocycles. The number of hydrogen-bond acceptors (Lipinski definition) is 6. The van der Waals surface area contributed by atoms with Gasteiger partial charge in [-0.05, 0) is 43.9 Å². The summed E-state index contributed by atoms with van der Waals surface area (Å²) in [5.74, 6) is 1.39. The van der Waals surface area contributed by atoms with Gasteiger partial charge in [0.25, 0.3) is 0 Å². The van der Waals surface area contributed by atoms with Crippen LogP contribution >= 0.6 is 0 Å². The first-order valence-electron chi connectivity index (χ1n) is 9.36. The van der Waals surface area contributed by atoms with Crippen LogP contribution in [0.25, 0.3) is 0 Å². The van der Waals surface area contributed by atoms with E-state index in [-0.39, 0.29) is 5.88 Å². The van der Waals surface area contributed by atoms with Crippen LogP contribution in [0.1, 0.15) is 56.6 Å². The summed E-state index contributed by atoms with van der Waals surface area (Å²) in [6.45, 7) is 0.620. The molecule has 0 unspecified atom stereocenters. The topological polar surface area (TPSA) is 116 Å². The van der Waals surface area contributed by atoms with E-state index in [0.29, 0.717) is 36.7 Å². The molecule has 3 aliphatic carbocycles. The predicted octanol–water partition coefficient (Wildman–Crippen LogP) is 1.89. The number of hydrogen-bond donors (Lipinski definition) is 2. The molecule has 8 nitrogen and oxygen atoms in total. The molecule has 26 heavy (non-hydrogen) atoms. The van der Waals surface area contributed by atoms with E-state index in [2.05, 4.69) is 15.3 Å². The van der Waals surface area contributed by atoms with Crippen molar-refractivity contribution in [1.82, 2.24) is 15.3 Å². The van der Waals surface area contributed by atoms with Crippen LogP contribution in [-0.4, -0.2) is 34.6 Å². The Kier molecular flexibility index (Phi) is 4.65. The second-order valence-corrected chi connectivity index (χ2v) is 7.60. The summed E-state index contributed by atoms with van der Waals surface area (Å²) in [5, 5.41) is 2.52. The molecule has 1 atom stereocenters. The number of nitrogens with two attached hydrogens (primary N) is 1. The molecule has 3 fully saturated rings. The molecule has 0 saturated heterocycles. The van der Waals surface area contributed by atoms with Crippen LogP contribution in [-0.2, 0) is 4.79 Å². The Morgan fingerprint density at radius 2 is 1.92 bits per heavy atom. The van der Waals surface area contributed by atoms with Gasteiger partial charge in [-0.2, -0.15) is 4.98 Å². The zero-order valence-corrected chi connectivity index (χ0v) is 14.6. The molecule has 0 radical (unpaired) electrons. The highest BCUT2D eigenvalue weighted by atomic mass is 16.6. The van der Waals surface area contributed by atoms with Gasteiger partial charge in [-0.1, -0.05) is 12.8 Å². The lowest BCUT2D eigenvalue weighted by Gasteiger charge is -2.15. The first-order chi connectivity index (χ1) is 12.6. The first-order valence-corrected chi connectivity index (χ1v) is 9.36. The molecule has 140 valence electrons. The molecule has 0 spiro atoms. The van der Waals surface area contributed by atoms with E-state index in [0.717, 1.165) is 31.4 Å². The predicted molar refractivity (Wildman–Crippen MR) is 91.7 cm³/mol. The fourth-order valence-corrected chi connectivity index (χ4v) is 2.84. The van der Waals surface area contributed by atoms with Gasteiger partial charge >= 0.3 is 6.09 Å². The lowest BCUT2D eigenvalue weighted by atomic mass is 10.1. The molecule has 0 bridgehead atoms. The molecular formula is C18H24N4O4. The van der Waals surface area contributed by atoms with Crippen LogP contribution in [0.5, 0.6) is 11.8 Å². The van der Waals surface area contributed by atoms with Gasteiger partial charge in [0.05, 0.1) is 12.8 Å². The zero-order chi connectivity index (χ0) is 18.1. The fraction of sp³-hybridized carbons (Fsp3) is 0.667. The minimum Gasteiger partial charge on any atom is -0.476 e. The van der Waals surface area contributed by atoms with Crippen molar-refractivity contribution in [1.29, 1.82) is 0 Å². The number of primary amides is 1. The number of nitrogens with one attached hydrogen (secondary N) is 1. The number of nitrogens with zero attached hydrogens (tertiary/aromatic N) is 2. The second kappa shape index (κ2) is 7.09. The van der Waals surface area contributed by atoms with Gasteiger partial charge in [0.1, 0.15) is 11.7 Å². The SMILES string of the molecule is NC(=O)[C@H](CC1CC1)NC(=O)Oc1cnc(C2CC2)c(OCC2CC2)n1. The van der Waals surface area contributed by atoms with Crippen molar-refractivity contribution in [3.05, 3.63) is 11.9 Å². The number of amides is 2. The van der Waals surface area contributed by atoms with Gasteiger partial charge in [0.15, 0.2) is 0 Å². The highest BCUT2D eigenvalue weighted by Crippen LogP contribution is 2.43. The van der Waals surface area contributed by atoms with E-state index in [4.69, 9.17) is 15.2 Å². The number of carbonyl (C=O) groups excluding carboxylic acids is 2. The maximum atomic E-state index is 12.1. The molecule has 1 heterocycles. The highest BCUT2D eigenvalue weighted by molar-refractivity contribution is 5.84. The molecule has 8 heteroatoms. The molecule has 0 aliphatic heterocycles. The standard InChI is InChI=1S/C18H24N4O4/c19-16(23)13(7-10-1-2-10)21-18(24)26-14-8-20-15(12-5-6-12)17(22-14)25-9-11-3-4-11/h8,10-13H,1-7,9H2,(H2,19,23)(H,21,24)/t13-/m0/s1. The summed E-state index contributed by atoms with van der Waals surface area (Å²) >= 11 is 0. The normalized spacial score (nSPS) is 20.3. The quantitative estimate of drug-likeness (QED) is 0.694. The van der Waals surface area contributed by atoms with Crippen molar-refractivity contribution in [2.45, 2.75) is 56.9 Å². The number of rotatable bonds is 9. The lowest BCUT2D eigenvalue weighted by molar-refractivity contribution is -0.120. The minimum atomic E-state index is -0.754. The molecule has 1 aromatic rings. The summed E-state index contributed by atoms with van der Waals surface area (Å²) in [5.41, 5.74) is 6.19. The molecule has 3 aliphatic rings. The van der Waals surface area contributed by atoms with Crippen LogP contribution in [0, 0.1) is 11.8 Å². The van der Waals surface area contributed by atoms with Crippen molar-refractivity contribution < 1.29 is 19.1 Å². The van der Waals surface area contributed by atoms with Gasteiger partial charge in [0, 0.05) is 5.92 Å². The van der Waals surface area contributed by atoms with Crippen LogP contribution < -0.4 is 20.5 Å². The van der Waals surface area contributed by atoms with Gasteiger partial charge in [-0.15, -0.1) is 0 Å².